The van der Waals surface area contributed by atoms with E-state index in [0.29, 0.717) is 0 Å². The molecule has 0 heterocycles. The predicted molar refractivity (Wildman–Crippen MR) is 359 cm³/mol. The van der Waals surface area contributed by atoms with Gasteiger partial charge in [-0.05, 0) is 145 Å². The van der Waals surface area contributed by atoms with Gasteiger partial charge in [0.2, 0.25) is 0 Å². The molecule has 0 aromatic heterocycles. The Morgan fingerprint density at radius 3 is 1.04 bits per heavy atom. The normalized spacial score (nSPS) is 12.8. The van der Waals surface area contributed by atoms with Crippen molar-refractivity contribution in [2.75, 3.05) is 47.2 Å². The molecule has 80 heavy (non-hydrogen) atoms. The third kappa shape index (κ3) is 16.5. The lowest BCUT2D eigenvalue weighted by Gasteiger charge is -2.36. The highest BCUT2D eigenvalue weighted by atomic mass is 79.9. The van der Waals surface area contributed by atoms with Gasteiger partial charge in [0.15, 0.2) is 0 Å². The molecule has 0 fully saturated rings. The van der Waals surface area contributed by atoms with Crippen LogP contribution in [0.1, 0.15) is 178 Å². The maximum atomic E-state index is 6.24. The molecule has 0 radical (unpaired) electrons. The van der Waals surface area contributed by atoms with Crippen LogP contribution in [0.4, 0.5) is 28.4 Å². The van der Waals surface area contributed by atoms with E-state index in [9.17, 15) is 0 Å². The highest BCUT2D eigenvalue weighted by Gasteiger charge is 2.43. The van der Waals surface area contributed by atoms with E-state index in [1.165, 1.54) is 192 Å². The van der Waals surface area contributed by atoms with Crippen molar-refractivity contribution in [2.24, 2.45) is 5.73 Å². The second-order valence-electron chi connectivity index (χ2n) is 22.1. The van der Waals surface area contributed by atoms with E-state index in [1.54, 1.807) is 11.1 Å². The summed E-state index contributed by atoms with van der Waals surface area (Å²) in [6.07, 6.45) is 25.9. The Morgan fingerprint density at radius 1 is 0.350 bits per heavy atom. The zero-order valence-corrected chi connectivity index (χ0v) is 52.9. The minimum atomic E-state index is 0.0646. The fourth-order valence-corrected chi connectivity index (χ4v) is 12.8. The molecule has 7 aromatic rings. The third-order valence-electron chi connectivity index (χ3n) is 16.7. The minimum absolute atomic E-state index is 0.0646. The molecule has 0 unspecified atom stereocenters. The van der Waals surface area contributed by atoms with Crippen molar-refractivity contribution < 1.29 is 0 Å². The van der Waals surface area contributed by atoms with E-state index < -0.39 is 0 Å². The van der Waals surface area contributed by atoms with Gasteiger partial charge >= 0.3 is 0 Å². The summed E-state index contributed by atoms with van der Waals surface area (Å²) >= 11 is 6.12. The molecule has 0 amide bonds. The van der Waals surface area contributed by atoms with Crippen LogP contribution in [0.15, 0.2) is 176 Å². The van der Waals surface area contributed by atoms with Crippen molar-refractivity contribution in [3.05, 3.63) is 198 Å². The molecule has 5 nitrogen and oxygen atoms in total. The fraction of sp³-hybridized carbons (Fsp3) is 0.425. The number of rotatable bonds is 28. The summed E-state index contributed by atoms with van der Waals surface area (Å²) in [4.78, 5) is 7.34. The Morgan fingerprint density at radius 2 is 0.662 bits per heavy atom. The minimum Gasteiger partial charge on any atom is -0.399 e. The highest BCUT2D eigenvalue weighted by Crippen LogP contribution is 2.56. The van der Waals surface area contributed by atoms with Crippen molar-refractivity contribution in [1.29, 1.82) is 0 Å². The zero-order valence-electron chi connectivity index (χ0n) is 49.8. The molecule has 0 aliphatic heterocycles. The summed E-state index contributed by atoms with van der Waals surface area (Å²) in [5.41, 5.74) is 28.6. The summed E-state index contributed by atoms with van der Waals surface area (Å²) in [7, 11) is 3.74. The second kappa shape index (κ2) is 34.3. The quantitative estimate of drug-likeness (QED) is 0.0221. The number of alkyl halides is 2. The van der Waals surface area contributed by atoms with Crippen molar-refractivity contribution in [1.82, 2.24) is 4.90 Å². The molecule has 0 atom stereocenters. The molecule has 0 saturated heterocycles. The van der Waals surface area contributed by atoms with Crippen LogP contribution in [0.2, 0.25) is 0 Å². The van der Waals surface area contributed by atoms with Gasteiger partial charge in [-0.15, -0.1) is 0 Å². The molecule has 0 bridgehead atoms. The Balaban J connectivity index is 0.000000279. The van der Waals surface area contributed by atoms with Gasteiger partial charge < -0.3 is 21.3 Å². The van der Waals surface area contributed by atoms with Gasteiger partial charge in [-0.25, -0.2) is 0 Å². The van der Waals surface area contributed by atoms with Crippen molar-refractivity contribution in [2.45, 2.75) is 167 Å². The van der Waals surface area contributed by atoms with Crippen LogP contribution < -0.4 is 21.3 Å². The largest absolute Gasteiger partial charge is 0.399 e. The number of nitrogens with zero attached hydrogens (tertiary/aromatic N) is 3. The van der Waals surface area contributed by atoms with Gasteiger partial charge in [0.1, 0.15) is 0 Å². The molecule has 9 rings (SSSR count). The Hall–Kier alpha value is -5.18. The Labute approximate surface area is 502 Å². The molecule has 0 saturated carbocycles. The van der Waals surface area contributed by atoms with Gasteiger partial charge in [-0.2, -0.15) is 0 Å². The van der Waals surface area contributed by atoms with Gasteiger partial charge in [0.25, 0.3) is 0 Å². The van der Waals surface area contributed by atoms with E-state index in [1.807, 2.05) is 0 Å². The van der Waals surface area contributed by atoms with Crippen LogP contribution in [0.3, 0.4) is 0 Å². The maximum Gasteiger partial charge on any atom is 0.0768 e. The molecular weight excluding hydrogens is 1110 g/mol. The number of fused-ring (bicyclic) bond motifs is 6. The Bertz CT molecular complexity index is 2750. The summed E-state index contributed by atoms with van der Waals surface area (Å²) in [6.45, 7) is 10.7. The number of unbranched alkanes of at least 4 members (excludes halogenated alkanes) is 12. The smallest absolute Gasteiger partial charge is 0.0768 e. The van der Waals surface area contributed by atoms with E-state index in [4.69, 9.17) is 5.73 Å². The van der Waals surface area contributed by atoms with Crippen LogP contribution in [-0.2, 0) is 10.8 Å². The lowest BCUT2D eigenvalue weighted by atomic mass is 9.70. The first-order valence-corrected chi connectivity index (χ1v) is 32.9. The van der Waals surface area contributed by atoms with E-state index in [0.717, 1.165) is 23.3 Å². The van der Waals surface area contributed by atoms with E-state index in [2.05, 4.69) is 263 Å². The zero-order chi connectivity index (χ0) is 57.0. The first-order valence-electron chi connectivity index (χ1n) is 30.6. The second-order valence-corrected chi connectivity index (χ2v) is 24.8. The van der Waals surface area contributed by atoms with Crippen LogP contribution >= 0.6 is 31.9 Å². The number of nitrogens with two attached hydrogens (primary N) is 2. The number of anilines is 5. The topological polar surface area (TPSA) is 61.8 Å². The number of para-hydroxylation sites is 3. The van der Waals surface area contributed by atoms with Crippen molar-refractivity contribution in [3.8, 4) is 22.3 Å². The van der Waals surface area contributed by atoms with Crippen LogP contribution in [-0.4, -0.2) is 36.6 Å². The third-order valence-corrected chi connectivity index (χ3v) is 16.7. The van der Waals surface area contributed by atoms with E-state index >= 15 is 0 Å². The summed E-state index contributed by atoms with van der Waals surface area (Å²) in [5, 5.41) is 0. The summed E-state index contributed by atoms with van der Waals surface area (Å²) < 4.78 is 0.875. The average Bonchev–Trinajstić information content (AvgIpc) is 4.16. The number of benzene rings is 7. The Kier molecular flexibility index (Phi) is 27.4. The standard InChI is InChI=1S/C46H55N3.C25H35N.CH2Br2.CH5N/c1-4-6-8-21-33-46(34-22-9-7-5-2)44-30-20-19-29-42(44)43-32-31-41(35-45(43)46)49(40-27-17-12-18-28-40)37-47(3)36-48(38-23-13-10-14-24-38)39-25-15-11-16-26-39;1-3-5-7-11-17-25(18-12-8-6-4-2)23-14-10-9-13-21(23)22-16-15-20(26)19-24(22)25;2-1-3;1-2/h10-20,23-32,35H,4-9,21-22,33-34,36-37H2,1-3H3;9-10,13-16,19H,3-8,11-12,17-18,26H2,1-2H3;1H2;2H2,1H3. The van der Waals surface area contributed by atoms with Gasteiger partial charge in [-0.3, -0.25) is 4.90 Å². The molecule has 2 aliphatic rings. The van der Waals surface area contributed by atoms with Crippen molar-refractivity contribution >= 4 is 60.3 Å². The number of hydrogen-bond acceptors (Lipinski definition) is 5. The molecule has 7 heteroatoms. The predicted octanol–water partition coefficient (Wildman–Crippen LogP) is 21.5. The van der Waals surface area contributed by atoms with E-state index in [-0.39, 0.29) is 10.8 Å². The average molecular weight is 1200 g/mol. The van der Waals surface area contributed by atoms with Gasteiger partial charge in [-0.1, -0.05) is 278 Å². The van der Waals surface area contributed by atoms with Crippen LogP contribution in [0, 0.1) is 0 Å². The SMILES string of the molecule is BrCBr.CCCCCCC1(CCCCCC)c2ccccc2-c2ccc(N(CN(C)CN(c3ccccc3)c3ccccc3)c3ccccc3)cc21.CCCCCCC1(CCCCCC)c2ccccc2-c2ccc(N)cc21.CN. The highest BCUT2D eigenvalue weighted by molar-refractivity contribution is 9.24. The molecule has 428 valence electrons. The molecular formula is C73H97Br2N5. The van der Waals surface area contributed by atoms with Crippen LogP contribution in [0.25, 0.3) is 22.3 Å². The number of nitrogen functional groups attached to an aromatic ring is 1. The number of halogens is 2. The lowest BCUT2D eigenvalue weighted by Crippen LogP contribution is -2.39. The molecule has 4 N–H and O–H groups in total. The van der Waals surface area contributed by atoms with Crippen molar-refractivity contribution in [3.63, 3.8) is 0 Å². The maximum absolute atomic E-state index is 6.24. The lowest BCUT2D eigenvalue weighted by molar-refractivity contribution is 0.350. The summed E-state index contributed by atoms with van der Waals surface area (Å²) in [6, 6.07) is 64.8. The van der Waals surface area contributed by atoms with Gasteiger partial charge in [0, 0.05) is 39.3 Å². The molecule has 2 aliphatic carbocycles. The fourth-order valence-electron chi connectivity index (χ4n) is 12.8. The monoisotopic (exact) mass is 1200 g/mol. The summed E-state index contributed by atoms with van der Waals surface area (Å²) in [5.74, 6) is 0. The van der Waals surface area contributed by atoms with Crippen LogP contribution in [0.5, 0.6) is 0 Å². The number of hydrogen-bond donors (Lipinski definition) is 2. The molecule has 0 spiro atoms. The molecule has 7 aromatic carbocycles. The first-order chi connectivity index (χ1) is 39.3. The first kappa shape index (κ1) is 64.0. The van der Waals surface area contributed by atoms with Gasteiger partial charge in [0.05, 0.1) is 17.6 Å².